The number of hydrogen-bond donors (Lipinski definition) is 2. The van der Waals surface area contributed by atoms with Gasteiger partial charge in [-0.1, -0.05) is 0 Å². The van der Waals surface area contributed by atoms with Gasteiger partial charge in [0.2, 0.25) is 5.91 Å². The molecule has 1 amide bonds. The first kappa shape index (κ1) is 10.9. The van der Waals surface area contributed by atoms with Gasteiger partial charge in [0.05, 0.1) is 6.61 Å². The first-order valence-corrected chi connectivity index (χ1v) is 3.59. The van der Waals surface area contributed by atoms with Crippen molar-refractivity contribution in [3.8, 4) is 0 Å². The maximum Gasteiger partial charge on any atom is 0.329 e. The van der Waals surface area contributed by atoms with E-state index in [0.29, 0.717) is 0 Å². The molecule has 2 N–H and O–H groups in total. The molecular weight excluding hydrogens is 162 g/mol. The van der Waals surface area contributed by atoms with E-state index in [1.807, 2.05) is 0 Å². The molecule has 0 bridgehead atoms. The van der Waals surface area contributed by atoms with E-state index in [2.05, 4.69) is 5.32 Å². The lowest BCUT2D eigenvalue weighted by Gasteiger charge is -2.11. The molecule has 0 aromatic heterocycles. The van der Waals surface area contributed by atoms with Crippen LogP contribution in [0.25, 0.3) is 0 Å². The second kappa shape index (κ2) is 5.54. The molecule has 0 rings (SSSR count). The molecule has 0 heterocycles. The highest BCUT2D eigenvalue weighted by Crippen LogP contribution is 1.84. The zero-order valence-corrected chi connectivity index (χ0v) is 7.16. The highest BCUT2D eigenvalue weighted by atomic mass is 16.5. The number of carbonyl (C=O) groups is 2. The van der Waals surface area contributed by atoms with Crippen LogP contribution in [-0.4, -0.2) is 36.2 Å². The lowest BCUT2D eigenvalue weighted by molar-refractivity contribution is -0.142. The van der Waals surface area contributed by atoms with E-state index in [0.717, 1.165) is 0 Å². The standard InChI is InChI=1S/C7H13NO4/c1-5(8-6(2)9)3-12-4-7(10)11/h5H,3-4H2,1-2H3,(H,8,9)(H,10,11). The van der Waals surface area contributed by atoms with Crippen molar-refractivity contribution in [2.75, 3.05) is 13.2 Å². The fourth-order valence-corrected chi connectivity index (χ4v) is 0.712. The molecule has 0 aromatic rings. The smallest absolute Gasteiger partial charge is 0.329 e. The Kier molecular flexibility index (Phi) is 5.03. The Morgan fingerprint density at radius 2 is 2.17 bits per heavy atom. The summed E-state index contributed by atoms with van der Waals surface area (Å²) in [5.74, 6) is -1.16. The third-order valence-electron chi connectivity index (χ3n) is 1.04. The first-order valence-electron chi connectivity index (χ1n) is 3.59. The van der Waals surface area contributed by atoms with E-state index in [1.54, 1.807) is 6.92 Å². The van der Waals surface area contributed by atoms with Crippen LogP contribution in [-0.2, 0) is 14.3 Å². The van der Waals surface area contributed by atoms with Crippen LogP contribution < -0.4 is 5.32 Å². The Bertz CT molecular complexity index is 169. The molecule has 1 unspecified atom stereocenters. The molecule has 0 radical (unpaired) electrons. The first-order chi connectivity index (χ1) is 5.52. The van der Waals surface area contributed by atoms with Gasteiger partial charge in [0.15, 0.2) is 0 Å². The lowest BCUT2D eigenvalue weighted by atomic mass is 10.3. The van der Waals surface area contributed by atoms with Crippen LogP contribution in [0, 0.1) is 0 Å². The van der Waals surface area contributed by atoms with Crippen molar-refractivity contribution in [3.05, 3.63) is 0 Å². The molecule has 0 fully saturated rings. The molecule has 0 saturated carbocycles. The van der Waals surface area contributed by atoms with E-state index in [-0.39, 0.29) is 25.2 Å². The molecule has 5 heteroatoms. The number of carboxylic acids is 1. The largest absolute Gasteiger partial charge is 0.480 e. The zero-order chi connectivity index (χ0) is 9.56. The average Bonchev–Trinajstić information content (AvgIpc) is 1.84. The SMILES string of the molecule is CC(=O)NC(C)COCC(=O)O. The monoisotopic (exact) mass is 175 g/mol. The Morgan fingerprint density at radius 1 is 1.58 bits per heavy atom. The van der Waals surface area contributed by atoms with Crippen molar-refractivity contribution >= 4 is 11.9 Å². The van der Waals surface area contributed by atoms with Gasteiger partial charge in [0.1, 0.15) is 6.61 Å². The van der Waals surface area contributed by atoms with Gasteiger partial charge in [-0.3, -0.25) is 4.79 Å². The number of ether oxygens (including phenoxy) is 1. The quantitative estimate of drug-likeness (QED) is 0.596. The minimum absolute atomic E-state index is 0.151. The van der Waals surface area contributed by atoms with Gasteiger partial charge in [-0.05, 0) is 6.92 Å². The maximum atomic E-state index is 10.5. The minimum atomic E-state index is -1.01. The number of carbonyl (C=O) groups excluding carboxylic acids is 1. The Morgan fingerprint density at radius 3 is 2.58 bits per heavy atom. The molecule has 1 atom stereocenters. The molecule has 70 valence electrons. The number of carboxylic acid groups (broad SMARTS) is 1. The van der Waals surface area contributed by atoms with Gasteiger partial charge in [-0.25, -0.2) is 4.79 Å². The van der Waals surface area contributed by atoms with Crippen molar-refractivity contribution in [1.29, 1.82) is 0 Å². The summed E-state index contributed by atoms with van der Waals surface area (Å²) in [4.78, 5) is 20.5. The maximum absolute atomic E-state index is 10.5. The van der Waals surface area contributed by atoms with Crippen LogP contribution in [0.1, 0.15) is 13.8 Å². The number of aliphatic carboxylic acids is 1. The lowest BCUT2D eigenvalue weighted by Crippen LogP contribution is -2.34. The highest BCUT2D eigenvalue weighted by molar-refractivity contribution is 5.73. The van der Waals surface area contributed by atoms with Crippen LogP contribution in [0.2, 0.25) is 0 Å². The summed E-state index contributed by atoms with van der Waals surface area (Å²) in [6.45, 7) is 3.02. The summed E-state index contributed by atoms with van der Waals surface area (Å²) in [5.41, 5.74) is 0. The van der Waals surface area contributed by atoms with Crippen LogP contribution >= 0.6 is 0 Å². The number of rotatable bonds is 5. The number of amides is 1. The Balaban J connectivity index is 3.37. The second-order valence-electron chi connectivity index (χ2n) is 2.51. The van der Waals surface area contributed by atoms with Crippen LogP contribution in [0.5, 0.6) is 0 Å². The Labute approximate surface area is 70.7 Å². The van der Waals surface area contributed by atoms with E-state index in [9.17, 15) is 9.59 Å². The normalized spacial score (nSPS) is 12.2. The van der Waals surface area contributed by atoms with Crippen molar-refractivity contribution in [1.82, 2.24) is 5.32 Å². The van der Waals surface area contributed by atoms with Crippen LogP contribution in [0.3, 0.4) is 0 Å². The third-order valence-corrected chi connectivity index (χ3v) is 1.04. The predicted molar refractivity (Wildman–Crippen MR) is 41.7 cm³/mol. The van der Waals surface area contributed by atoms with Gasteiger partial charge in [0.25, 0.3) is 0 Å². The van der Waals surface area contributed by atoms with Gasteiger partial charge < -0.3 is 15.2 Å². The molecule has 0 spiro atoms. The van der Waals surface area contributed by atoms with E-state index < -0.39 is 5.97 Å². The van der Waals surface area contributed by atoms with Gasteiger partial charge in [-0.2, -0.15) is 0 Å². The minimum Gasteiger partial charge on any atom is -0.480 e. The van der Waals surface area contributed by atoms with Gasteiger partial charge in [0, 0.05) is 13.0 Å². The van der Waals surface area contributed by atoms with E-state index in [1.165, 1.54) is 6.92 Å². The number of hydrogen-bond acceptors (Lipinski definition) is 3. The molecule has 0 saturated heterocycles. The summed E-state index contributed by atoms with van der Waals surface area (Å²) in [6.07, 6.45) is 0. The summed E-state index contributed by atoms with van der Waals surface area (Å²) in [6, 6.07) is -0.151. The fraction of sp³-hybridized carbons (Fsp3) is 0.714. The molecule has 5 nitrogen and oxygen atoms in total. The fourth-order valence-electron chi connectivity index (χ4n) is 0.712. The molecular formula is C7H13NO4. The molecule has 0 aliphatic rings. The number of nitrogens with one attached hydrogen (secondary N) is 1. The Hall–Kier alpha value is -1.10. The van der Waals surface area contributed by atoms with E-state index >= 15 is 0 Å². The van der Waals surface area contributed by atoms with Crippen molar-refractivity contribution in [3.63, 3.8) is 0 Å². The third kappa shape index (κ3) is 7.01. The molecule has 0 aliphatic carbocycles. The van der Waals surface area contributed by atoms with Crippen molar-refractivity contribution in [2.24, 2.45) is 0 Å². The topological polar surface area (TPSA) is 75.6 Å². The van der Waals surface area contributed by atoms with Crippen LogP contribution in [0.4, 0.5) is 0 Å². The molecule has 0 aromatic carbocycles. The molecule has 0 aliphatic heterocycles. The van der Waals surface area contributed by atoms with E-state index in [4.69, 9.17) is 9.84 Å². The highest BCUT2D eigenvalue weighted by Gasteiger charge is 2.04. The van der Waals surface area contributed by atoms with Crippen molar-refractivity contribution < 1.29 is 19.4 Å². The second-order valence-corrected chi connectivity index (χ2v) is 2.51. The van der Waals surface area contributed by atoms with Crippen LogP contribution in [0.15, 0.2) is 0 Å². The summed E-state index contributed by atoms with van der Waals surface area (Å²) >= 11 is 0. The summed E-state index contributed by atoms with van der Waals surface area (Å²) in [7, 11) is 0. The summed E-state index contributed by atoms with van der Waals surface area (Å²) < 4.78 is 4.74. The molecule has 12 heavy (non-hydrogen) atoms. The predicted octanol–water partition coefficient (Wildman–Crippen LogP) is -0.388. The van der Waals surface area contributed by atoms with Gasteiger partial charge >= 0.3 is 5.97 Å². The van der Waals surface area contributed by atoms with Crippen molar-refractivity contribution in [2.45, 2.75) is 19.9 Å². The summed E-state index contributed by atoms with van der Waals surface area (Å²) in [5, 5.41) is 10.8. The average molecular weight is 175 g/mol. The zero-order valence-electron chi connectivity index (χ0n) is 7.16. The van der Waals surface area contributed by atoms with Gasteiger partial charge in [-0.15, -0.1) is 0 Å².